The molecule has 0 spiro atoms. The molecule has 1 unspecified atom stereocenters. The summed E-state index contributed by atoms with van der Waals surface area (Å²) in [4.78, 5) is 52.1. The van der Waals surface area contributed by atoms with Crippen LogP contribution in [0.5, 0.6) is 0 Å². The van der Waals surface area contributed by atoms with Gasteiger partial charge in [-0.2, -0.15) is 0 Å². The Balaban J connectivity index is 1.05. The van der Waals surface area contributed by atoms with Gasteiger partial charge in [-0.05, 0) is 48.6 Å². The number of benzene rings is 5. The van der Waals surface area contributed by atoms with Gasteiger partial charge in [0.25, 0.3) is 9.70 Å². The van der Waals surface area contributed by atoms with Crippen molar-refractivity contribution >= 4 is 58.6 Å². The molecule has 10 rings (SSSR count). The molecule has 25 atom stereocenters. The van der Waals surface area contributed by atoms with Gasteiger partial charge in [0, 0.05) is 27.9 Å². The summed E-state index contributed by atoms with van der Waals surface area (Å²) in [6.07, 6.45) is -36.4. The van der Waals surface area contributed by atoms with Crippen LogP contribution in [0.2, 0.25) is 0 Å². The maximum absolute atomic E-state index is 14.1. The van der Waals surface area contributed by atoms with E-state index in [0.717, 1.165) is 48.6 Å². The van der Waals surface area contributed by atoms with Crippen molar-refractivity contribution in [1.29, 1.82) is 0 Å². The van der Waals surface area contributed by atoms with Crippen LogP contribution in [0, 0.1) is 0 Å². The fraction of sp³-hybridized carbons (Fsp3) is 0.541. The van der Waals surface area contributed by atoms with Crippen LogP contribution in [0.3, 0.4) is 0 Å². The van der Waals surface area contributed by atoms with Crippen molar-refractivity contribution in [3.05, 3.63) is 179 Å². The molecule has 0 radical (unpaired) electrons. The molecule has 5 N–H and O–H groups in total. The number of aliphatic hydroxyl groups excluding tert-OH is 4. The second kappa shape index (κ2) is 38.3. The summed E-state index contributed by atoms with van der Waals surface area (Å²) < 4.78 is 115. The monoisotopic (exact) mass is 1510 g/mol. The Kier molecular flexibility index (Phi) is 29.7. The first-order valence-electron chi connectivity index (χ1n) is 34.2. The summed E-state index contributed by atoms with van der Waals surface area (Å²) in [5, 5.41) is 49.9. The number of rotatable bonds is 30. The average molecular weight is 1520 g/mol. The zero-order chi connectivity index (χ0) is 74.2. The van der Waals surface area contributed by atoms with E-state index in [1.54, 1.807) is 6.92 Å². The molecule has 104 heavy (non-hydrogen) atoms. The number of alkyl halides is 3. The second-order valence-corrected chi connectivity index (χ2v) is 28.1. The molecule has 5 aromatic carbocycles. The minimum Gasteiger partial charge on any atom is -0.456 e. The smallest absolute Gasteiger partial charge is 0.303 e. The van der Waals surface area contributed by atoms with E-state index >= 15 is 0 Å². The molecule has 5 fully saturated rings. The lowest BCUT2D eigenvalue weighted by Gasteiger charge is -2.52. The van der Waals surface area contributed by atoms with E-state index in [-0.39, 0.29) is 39.6 Å². The molecule has 0 bridgehead atoms. The van der Waals surface area contributed by atoms with Crippen molar-refractivity contribution in [1.82, 2.24) is 5.32 Å². The van der Waals surface area contributed by atoms with Crippen LogP contribution in [-0.4, -0.2) is 222 Å². The highest BCUT2D eigenvalue weighted by atomic mass is 35.6. The molecule has 5 heterocycles. The molecule has 5 aliphatic rings. The highest BCUT2D eigenvalue weighted by molar-refractivity contribution is 6.76. The number of halogens is 3. The van der Waals surface area contributed by atoms with Gasteiger partial charge >= 0.3 is 17.9 Å². The number of hydrogen-bond donors (Lipinski definition) is 5. The Hall–Kier alpha value is -5.91. The quantitative estimate of drug-likeness (QED) is 0.0196. The standard InChI is InChI=1S/C74H90Cl3NO26/c1-40-54(83)56(85)61(102-68-53(78-73(86)74(75,76)77)60(55(84)51(33-79)99-68)101-72-67(98-45(6)82)64(97-44(5)81)58(42(3)95-72)96-43(4)80)70(93-40)104-66-63(57(41(2)94-69(66)87-7)89-35-47-25-15-9-16-26-47)103-71-65(92-38-50-31-21-12-22-32-50)62(91-37-49-29-19-11-20-30-49)59(90-36-48-27-17-10-18-28-48)52(100-71)39-88-34-46-23-13-8-14-24-46/h8-32,40-42,51-72,79,83-85H,33-39H2,1-7H3,(H,78,86)/t40-,41-,42-,51+,52?,53+,54-,55+,56+,57-,58-,59-,60+,61+,62-,63+,64+,65+,66+,67+,68-,69+,70-,71+,72-/m0/s1. The molecule has 5 saturated heterocycles. The van der Waals surface area contributed by atoms with Gasteiger partial charge in [-0.3, -0.25) is 19.2 Å². The van der Waals surface area contributed by atoms with Crippen molar-refractivity contribution in [3.63, 3.8) is 0 Å². The number of ether oxygens (including phenoxy) is 18. The summed E-state index contributed by atoms with van der Waals surface area (Å²) >= 11 is 18.6. The van der Waals surface area contributed by atoms with Crippen LogP contribution in [-0.2, 0) is 137 Å². The van der Waals surface area contributed by atoms with Gasteiger partial charge in [0.15, 0.2) is 49.8 Å². The zero-order valence-corrected chi connectivity index (χ0v) is 60.5. The van der Waals surface area contributed by atoms with Crippen molar-refractivity contribution < 1.29 is 125 Å². The van der Waals surface area contributed by atoms with Gasteiger partial charge in [0.1, 0.15) is 85.4 Å². The maximum atomic E-state index is 14.1. The molecule has 0 saturated carbocycles. The molecule has 0 aromatic heterocycles. The highest BCUT2D eigenvalue weighted by Gasteiger charge is 2.60. The lowest BCUT2D eigenvalue weighted by atomic mass is 9.94. The number of amides is 1. The Labute approximate surface area is 617 Å². The second-order valence-electron chi connectivity index (χ2n) is 25.8. The molecular formula is C74H90Cl3NO26. The Morgan fingerprint density at radius 1 is 0.404 bits per heavy atom. The lowest BCUT2D eigenvalue weighted by molar-refractivity contribution is -0.405. The Bertz CT molecular complexity index is 3450. The van der Waals surface area contributed by atoms with Crippen LogP contribution in [0.1, 0.15) is 69.4 Å². The first kappa shape index (κ1) is 80.6. The molecule has 0 aliphatic carbocycles. The van der Waals surface area contributed by atoms with Crippen LogP contribution < -0.4 is 5.32 Å². The van der Waals surface area contributed by atoms with Crippen molar-refractivity contribution in [2.75, 3.05) is 20.3 Å². The summed E-state index contributed by atoms with van der Waals surface area (Å²) in [6, 6.07) is 45.6. The summed E-state index contributed by atoms with van der Waals surface area (Å²) in [5.74, 6) is -4.06. The molecule has 5 aromatic rings. The normalized spacial score (nSPS) is 33.8. The molecular weight excluding hydrogens is 1430 g/mol. The fourth-order valence-electron chi connectivity index (χ4n) is 13.0. The van der Waals surface area contributed by atoms with E-state index in [9.17, 15) is 39.6 Å². The maximum Gasteiger partial charge on any atom is 0.303 e. The van der Waals surface area contributed by atoms with E-state index in [1.807, 2.05) is 152 Å². The summed E-state index contributed by atoms with van der Waals surface area (Å²) in [7, 11) is 1.36. The van der Waals surface area contributed by atoms with Gasteiger partial charge in [-0.1, -0.05) is 186 Å². The third-order valence-corrected chi connectivity index (χ3v) is 18.6. The first-order chi connectivity index (χ1) is 50.0. The molecule has 1 amide bonds. The van der Waals surface area contributed by atoms with Crippen molar-refractivity contribution in [2.45, 2.75) is 232 Å². The lowest BCUT2D eigenvalue weighted by Crippen LogP contribution is -2.71. The number of hydrogen-bond acceptors (Lipinski definition) is 26. The number of carbonyl (C=O) groups excluding carboxylic acids is 4. The van der Waals surface area contributed by atoms with Crippen LogP contribution in [0.4, 0.5) is 0 Å². The van der Waals surface area contributed by atoms with Crippen molar-refractivity contribution in [3.8, 4) is 0 Å². The molecule has 27 nitrogen and oxygen atoms in total. The third-order valence-electron chi connectivity index (χ3n) is 18.1. The fourth-order valence-corrected chi connectivity index (χ4v) is 13.2. The topological polar surface area (TPSA) is 327 Å². The van der Waals surface area contributed by atoms with E-state index < -0.39 is 188 Å². The number of aliphatic hydroxyl groups is 4. The van der Waals surface area contributed by atoms with Gasteiger partial charge in [-0.25, -0.2) is 0 Å². The van der Waals surface area contributed by atoms with Gasteiger partial charge in [0.05, 0.1) is 64.6 Å². The number of methoxy groups -OCH3 is 1. The number of esters is 3. The predicted molar refractivity (Wildman–Crippen MR) is 367 cm³/mol. The molecule has 568 valence electrons. The number of nitrogens with one attached hydrogen (secondary N) is 1. The predicted octanol–water partition coefficient (Wildman–Crippen LogP) is 6.14. The van der Waals surface area contributed by atoms with E-state index in [2.05, 4.69) is 5.32 Å². The van der Waals surface area contributed by atoms with E-state index in [4.69, 9.17) is 120 Å². The first-order valence-corrected chi connectivity index (χ1v) is 35.3. The van der Waals surface area contributed by atoms with Gasteiger partial charge in [-0.15, -0.1) is 0 Å². The average Bonchev–Trinajstić information content (AvgIpc) is 0.761. The number of carbonyl (C=O) groups is 4. The molecule has 5 aliphatic heterocycles. The van der Waals surface area contributed by atoms with Gasteiger partial charge in [0.2, 0.25) is 0 Å². The summed E-state index contributed by atoms with van der Waals surface area (Å²) in [6.45, 7) is 7.12. The minimum absolute atomic E-state index is 0.00426. The van der Waals surface area contributed by atoms with Crippen LogP contribution in [0.15, 0.2) is 152 Å². The SMILES string of the molecule is CO[C@@H]1O[C@@H](C)[C@H](OCc2ccccc2)[C@@H](O[C@H]2OC(COCc3ccccc3)[C@H](OCc3ccccc3)[C@H](OCc3ccccc3)[C@H]2OCc2ccccc2)[C@H]1O[C@@H]1O[C@@H](C)[C@H](O)[C@@H](O)[C@H]1O[C@@H]1O[C@H](CO)[C@@H](O)[C@H](O[C@@H]2O[C@@H](C)[C@H](OC(C)=O)[C@@H](OC(C)=O)[C@H]2OC(C)=O)[C@H]1NC(=O)C(Cl)(Cl)Cl. The Morgan fingerprint density at radius 3 is 1.30 bits per heavy atom. The van der Waals surface area contributed by atoms with Crippen LogP contribution in [0.25, 0.3) is 0 Å². The Morgan fingerprint density at radius 2 is 0.798 bits per heavy atom. The van der Waals surface area contributed by atoms with Crippen molar-refractivity contribution in [2.24, 2.45) is 0 Å². The van der Waals surface area contributed by atoms with E-state index in [1.165, 1.54) is 21.0 Å². The molecule has 30 heteroatoms. The largest absolute Gasteiger partial charge is 0.456 e. The van der Waals surface area contributed by atoms with Crippen LogP contribution >= 0.6 is 34.8 Å². The van der Waals surface area contributed by atoms with Gasteiger partial charge < -0.3 is 111 Å². The van der Waals surface area contributed by atoms with E-state index in [0.29, 0.717) is 0 Å². The minimum atomic E-state index is -2.76. The zero-order valence-electron chi connectivity index (χ0n) is 58.2. The third kappa shape index (κ3) is 21.3. The highest BCUT2D eigenvalue weighted by Crippen LogP contribution is 2.41. The summed E-state index contributed by atoms with van der Waals surface area (Å²) in [5.41, 5.74) is 4.14.